The van der Waals surface area contributed by atoms with Crippen molar-refractivity contribution in [2.45, 2.75) is 51.6 Å². The second-order valence-electron chi connectivity index (χ2n) is 5.73. The van der Waals surface area contributed by atoms with Crippen LogP contribution < -0.4 is 0 Å². The van der Waals surface area contributed by atoms with E-state index in [0.29, 0.717) is 0 Å². The van der Waals surface area contributed by atoms with E-state index in [1.807, 2.05) is 13.0 Å². The van der Waals surface area contributed by atoms with Gasteiger partial charge in [0.05, 0.1) is 18.6 Å². The Labute approximate surface area is 103 Å². The van der Waals surface area contributed by atoms with Crippen LogP contribution in [0.15, 0.2) is 11.6 Å². The van der Waals surface area contributed by atoms with Gasteiger partial charge in [0.25, 0.3) is 0 Å². The molecule has 1 saturated carbocycles. The van der Waals surface area contributed by atoms with E-state index in [-0.39, 0.29) is 17.3 Å². The van der Waals surface area contributed by atoms with Crippen LogP contribution in [0.4, 0.5) is 0 Å². The van der Waals surface area contributed by atoms with Gasteiger partial charge >= 0.3 is 5.97 Å². The number of ether oxygens (including phenoxy) is 1. The van der Waals surface area contributed by atoms with Crippen molar-refractivity contribution < 1.29 is 14.6 Å². The van der Waals surface area contributed by atoms with Crippen LogP contribution >= 0.6 is 0 Å². The summed E-state index contributed by atoms with van der Waals surface area (Å²) in [5.74, 6) is -0.279. The monoisotopic (exact) mass is 238 g/mol. The summed E-state index contributed by atoms with van der Waals surface area (Å²) in [4.78, 5) is 11.5. The van der Waals surface area contributed by atoms with E-state index in [1.165, 1.54) is 12.7 Å². The highest BCUT2D eigenvalue weighted by molar-refractivity contribution is 5.74. The molecule has 0 amide bonds. The average Bonchev–Trinajstić information content (AvgIpc) is 2.58. The molecule has 2 aliphatic rings. The van der Waals surface area contributed by atoms with Gasteiger partial charge in [0, 0.05) is 5.41 Å². The minimum atomic E-state index is -0.616. The Hall–Kier alpha value is -0.830. The van der Waals surface area contributed by atoms with Gasteiger partial charge in [-0.15, -0.1) is 0 Å². The topological polar surface area (TPSA) is 46.5 Å². The third-order valence-corrected chi connectivity index (χ3v) is 4.89. The lowest BCUT2D eigenvalue weighted by molar-refractivity contribution is -0.145. The second kappa shape index (κ2) is 4.13. The summed E-state index contributed by atoms with van der Waals surface area (Å²) < 4.78 is 4.80. The van der Waals surface area contributed by atoms with Crippen molar-refractivity contribution in [1.82, 2.24) is 0 Å². The molecule has 96 valence electrons. The van der Waals surface area contributed by atoms with Crippen LogP contribution in [0.2, 0.25) is 0 Å². The van der Waals surface area contributed by atoms with Crippen LogP contribution in [0.1, 0.15) is 46.0 Å². The summed E-state index contributed by atoms with van der Waals surface area (Å²) in [5, 5.41) is 10.6. The minimum Gasteiger partial charge on any atom is -0.469 e. The van der Waals surface area contributed by atoms with Crippen molar-refractivity contribution in [3.05, 3.63) is 11.6 Å². The number of hydrogen-bond acceptors (Lipinski definition) is 3. The zero-order chi connectivity index (χ0) is 12.7. The Morgan fingerprint density at radius 3 is 2.65 bits per heavy atom. The van der Waals surface area contributed by atoms with E-state index in [4.69, 9.17) is 4.74 Å². The predicted octanol–water partition coefficient (Wildman–Crippen LogP) is 2.44. The van der Waals surface area contributed by atoms with Crippen molar-refractivity contribution in [2.75, 3.05) is 7.11 Å². The molecule has 2 rings (SSSR count). The molecule has 1 N–H and O–H groups in total. The second-order valence-corrected chi connectivity index (χ2v) is 5.73. The highest BCUT2D eigenvalue weighted by atomic mass is 16.5. The molecule has 3 heteroatoms. The standard InChI is InChI=1S/C14H22O3/c1-10-9-11(12(15)17-3)5-8-14(10)7-4-6-13(14,2)16/h9,11,16H,4-8H2,1-3H3/t11-,13-,14-/m0/s1. The van der Waals surface area contributed by atoms with Crippen molar-refractivity contribution in [3.63, 3.8) is 0 Å². The van der Waals surface area contributed by atoms with Gasteiger partial charge in [-0.2, -0.15) is 0 Å². The fraction of sp³-hybridized carbons (Fsp3) is 0.786. The highest BCUT2D eigenvalue weighted by Gasteiger charge is 2.53. The van der Waals surface area contributed by atoms with Crippen LogP contribution in [0.5, 0.6) is 0 Å². The Morgan fingerprint density at radius 1 is 1.47 bits per heavy atom. The van der Waals surface area contributed by atoms with Gasteiger partial charge in [0.15, 0.2) is 0 Å². The number of carbonyl (C=O) groups is 1. The molecule has 17 heavy (non-hydrogen) atoms. The third kappa shape index (κ3) is 1.81. The lowest BCUT2D eigenvalue weighted by Gasteiger charge is -2.44. The van der Waals surface area contributed by atoms with E-state index in [0.717, 1.165) is 32.1 Å². The maximum Gasteiger partial charge on any atom is 0.312 e. The first kappa shape index (κ1) is 12.6. The summed E-state index contributed by atoms with van der Waals surface area (Å²) in [5.41, 5.74) is 0.452. The Bertz CT molecular complexity index is 356. The molecule has 0 heterocycles. The van der Waals surface area contributed by atoms with Crippen molar-refractivity contribution >= 4 is 5.97 Å². The minimum absolute atomic E-state index is 0.0997. The largest absolute Gasteiger partial charge is 0.469 e. The number of hydrogen-bond donors (Lipinski definition) is 1. The average molecular weight is 238 g/mol. The number of rotatable bonds is 1. The molecule has 0 aromatic heterocycles. The van der Waals surface area contributed by atoms with E-state index < -0.39 is 5.60 Å². The summed E-state index contributed by atoms with van der Waals surface area (Å²) in [6, 6.07) is 0. The molecule has 1 fully saturated rings. The quantitative estimate of drug-likeness (QED) is 0.564. The lowest BCUT2D eigenvalue weighted by Crippen LogP contribution is -2.44. The molecule has 3 atom stereocenters. The Kier molecular flexibility index (Phi) is 3.06. The molecule has 2 aliphatic carbocycles. The molecule has 0 unspecified atom stereocenters. The molecule has 0 radical (unpaired) electrons. The van der Waals surface area contributed by atoms with Gasteiger partial charge in [-0.25, -0.2) is 0 Å². The predicted molar refractivity (Wildman–Crippen MR) is 65.4 cm³/mol. The first-order valence-electron chi connectivity index (χ1n) is 6.42. The summed E-state index contributed by atoms with van der Waals surface area (Å²) in [6.45, 7) is 3.99. The maximum atomic E-state index is 11.5. The molecule has 0 aliphatic heterocycles. The smallest absolute Gasteiger partial charge is 0.312 e. The van der Waals surface area contributed by atoms with Crippen LogP contribution in [0, 0.1) is 11.3 Å². The number of methoxy groups -OCH3 is 1. The Morgan fingerprint density at radius 2 is 2.18 bits per heavy atom. The molecule has 3 nitrogen and oxygen atoms in total. The van der Waals surface area contributed by atoms with Crippen LogP contribution in [-0.4, -0.2) is 23.8 Å². The van der Waals surface area contributed by atoms with Gasteiger partial charge in [-0.05, 0) is 46.0 Å². The SMILES string of the molecule is COC(=O)[C@@H]1C=C(C)[C@]2(CCC[C@]2(C)O)CC1. The molecule has 0 aromatic rings. The summed E-state index contributed by atoms with van der Waals surface area (Å²) in [7, 11) is 1.43. The zero-order valence-corrected chi connectivity index (χ0v) is 11.0. The van der Waals surface area contributed by atoms with Crippen LogP contribution in [0.25, 0.3) is 0 Å². The van der Waals surface area contributed by atoms with Crippen LogP contribution in [-0.2, 0) is 9.53 Å². The number of carbonyl (C=O) groups excluding carboxylic acids is 1. The van der Waals surface area contributed by atoms with Gasteiger partial charge in [-0.3, -0.25) is 4.79 Å². The highest BCUT2D eigenvalue weighted by Crippen LogP contribution is 2.56. The third-order valence-electron chi connectivity index (χ3n) is 4.89. The summed E-state index contributed by atoms with van der Waals surface area (Å²) >= 11 is 0. The van der Waals surface area contributed by atoms with Gasteiger partial charge in [0.2, 0.25) is 0 Å². The van der Waals surface area contributed by atoms with E-state index >= 15 is 0 Å². The normalized spacial score (nSPS) is 41.4. The van der Waals surface area contributed by atoms with Gasteiger partial charge in [-0.1, -0.05) is 11.6 Å². The molecule has 0 aromatic carbocycles. The van der Waals surface area contributed by atoms with E-state index in [2.05, 4.69) is 6.92 Å². The van der Waals surface area contributed by atoms with Crippen molar-refractivity contribution in [2.24, 2.45) is 11.3 Å². The fourth-order valence-electron chi connectivity index (χ4n) is 3.74. The molecular formula is C14H22O3. The molecular weight excluding hydrogens is 216 g/mol. The van der Waals surface area contributed by atoms with Crippen LogP contribution in [0.3, 0.4) is 0 Å². The maximum absolute atomic E-state index is 11.5. The summed E-state index contributed by atoms with van der Waals surface area (Å²) in [6.07, 6.45) is 6.66. The van der Waals surface area contributed by atoms with E-state index in [9.17, 15) is 9.90 Å². The molecule has 0 saturated heterocycles. The molecule has 1 spiro atoms. The number of esters is 1. The lowest BCUT2D eigenvalue weighted by atomic mass is 9.63. The van der Waals surface area contributed by atoms with Gasteiger partial charge < -0.3 is 9.84 Å². The van der Waals surface area contributed by atoms with Gasteiger partial charge in [0.1, 0.15) is 0 Å². The number of aliphatic hydroxyl groups is 1. The fourth-order valence-corrected chi connectivity index (χ4v) is 3.74. The van der Waals surface area contributed by atoms with Crippen molar-refractivity contribution in [1.29, 1.82) is 0 Å². The first-order valence-corrected chi connectivity index (χ1v) is 6.42. The first-order chi connectivity index (χ1) is 7.93. The van der Waals surface area contributed by atoms with Crippen molar-refractivity contribution in [3.8, 4) is 0 Å². The zero-order valence-electron chi connectivity index (χ0n) is 11.0. The van der Waals surface area contributed by atoms with E-state index in [1.54, 1.807) is 0 Å². The Balaban J connectivity index is 2.28. The molecule has 0 bridgehead atoms.